The van der Waals surface area contributed by atoms with Gasteiger partial charge in [0.25, 0.3) is 0 Å². The Morgan fingerprint density at radius 3 is 2.44 bits per heavy atom. The molecule has 0 aliphatic carbocycles. The van der Waals surface area contributed by atoms with Crippen molar-refractivity contribution in [1.82, 2.24) is 15.5 Å². The van der Waals surface area contributed by atoms with Crippen LogP contribution in [0.1, 0.15) is 40.2 Å². The van der Waals surface area contributed by atoms with E-state index in [0.29, 0.717) is 6.54 Å². The van der Waals surface area contributed by atoms with Gasteiger partial charge < -0.3 is 20.3 Å². The second kappa shape index (κ2) is 7.17. The van der Waals surface area contributed by atoms with Gasteiger partial charge in [0.15, 0.2) is 0 Å². The lowest BCUT2D eigenvalue weighted by molar-refractivity contribution is -0.128. The van der Waals surface area contributed by atoms with Crippen LogP contribution in [-0.2, 0) is 16.1 Å². The molecule has 6 heteroatoms. The molecule has 136 valence electrons. The van der Waals surface area contributed by atoms with E-state index < -0.39 is 17.2 Å². The van der Waals surface area contributed by atoms with Gasteiger partial charge in [-0.05, 0) is 40.2 Å². The third-order valence-corrected chi connectivity index (χ3v) is 3.96. The van der Waals surface area contributed by atoms with Crippen molar-refractivity contribution in [1.29, 1.82) is 0 Å². The lowest BCUT2D eigenvalue weighted by Crippen LogP contribution is -2.47. The lowest BCUT2D eigenvalue weighted by atomic mass is 10.0. The van der Waals surface area contributed by atoms with Crippen molar-refractivity contribution in [2.24, 2.45) is 0 Å². The summed E-state index contributed by atoms with van der Waals surface area (Å²) in [5, 5.41) is 5.76. The van der Waals surface area contributed by atoms with Gasteiger partial charge >= 0.3 is 6.09 Å². The third-order valence-electron chi connectivity index (χ3n) is 3.96. The highest BCUT2D eigenvalue weighted by atomic mass is 16.6. The molecule has 2 rings (SSSR count). The monoisotopic (exact) mass is 345 g/mol. The van der Waals surface area contributed by atoms with Gasteiger partial charge in [0.2, 0.25) is 5.91 Å². The van der Waals surface area contributed by atoms with Gasteiger partial charge in [-0.25, -0.2) is 4.79 Å². The Balaban J connectivity index is 1.93. The number of ether oxygens (including phenoxy) is 1. The number of carbonyl (C=O) groups excluding carboxylic acids is 2. The molecule has 0 fully saturated rings. The zero-order valence-electron chi connectivity index (χ0n) is 15.6. The van der Waals surface area contributed by atoms with E-state index in [4.69, 9.17) is 4.74 Å². The normalized spacial score (nSPS) is 16.4. The van der Waals surface area contributed by atoms with Gasteiger partial charge in [0.1, 0.15) is 5.60 Å². The summed E-state index contributed by atoms with van der Waals surface area (Å²) in [5.74, 6) is -0.0476. The first-order chi connectivity index (χ1) is 11.6. The second-order valence-electron chi connectivity index (χ2n) is 7.56. The van der Waals surface area contributed by atoms with Crippen LogP contribution in [0.2, 0.25) is 0 Å². The third kappa shape index (κ3) is 4.98. The van der Waals surface area contributed by atoms with Crippen LogP contribution in [0.4, 0.5) is 4.79 Å². The average molecular weight is 345 g/mol. The Bertz CT molecular complexity index is 660. The van der Waals surface area contributed by atoms with Gasteiger partial charge in [-0.3, -0.25) is 4.79 Å². The van der Waals surface area contributed by atoms with Crippen LogP contribution in [0.25, 0.3) is 0 Å². The minimum absolute atomic E-state index is 0.0476. The van der Waals surface area contributed by atoms with E-state index >= 15 is 0 Å². The molecular formula is C19H27N3O3. The quantitative estimate of drug-likeness (QED) is 0.805. The van der Waals surface area contributed by atoms with Gasteiger partial charge in [-0.2, -0.15) is 0 Å². The van der Waals surface area contributed by atoms with Crippen LogP contribution in [0, 0.1) is 0 Å². The van der Waals surface area contributed by atoms with E-state index in [1.807, 2.05) is 65.0 Å². The Labute approximate surface area is 149 Å². The topological polar surface area (TPSA) is 70.7 Å². The summed E-state index contributed by atoms with van der Waals surface area (Å²) in [6.07, 6.45) is 1.09. The van der Waals surface area contributed by atoms with E-state index in [-0.39, 0.29) is 12.6 Å². The predicted molar refractivity (Wildman–Crippen MR) is 96.5 cm³/mol. The smallest absolute Gasteiger partial charge is 0.409 e. The molecule has 1 aliphatic heterocycles. The second-order valence-corrected chi connectivity index (χ2v) is 7.56. The summed E-state index contributed by atoms with van der Waals surface area (Å²) in [6, 6.07) is 9.87. The number of alkyl carbamates (subject to hydrolysis) is 1. The Morgan fingerprint density at radius 2 is 1.84 bits per heavy atom. The maximum Gasteiger partial charge on any atom is 0.409 e. The molecule has 0 spiro atoms. The van der Waals surface area contributed by atoms with Crippen molar-refractivity contribution >= 4 is 12.0 Å². The van der Waals surface area contributed by atoms with Gasteiger partial charge in [0, 0.05) is 18.3 Å². The number of benzene rings is 1. The standard InChI is InChI=1S/C19H27N3O3/c1-18(2,3)25-17(24)21-13-20-15-11-16(23)22(19(15,4)5)12-14-9-7-6-8-10-14/h6-11,20H,12-13H2,1-5H3,(H,21,24). The van der Waals surface area contributed by atoms with E-state index in [1.165, 1.54) is 0 Å². The van der Waals surface area contributed by atoms with E-state index in [2.05, 4.69) is 10.6 Å². The Morgan fingerprint density at radius 1 is 1.20 bits per heavy atom. The van der Waals surface area contributed by atoms with Crippen LogP contribution < -0.4 is 10.6 Å². The van der Waals surface area contributed by atoms with Crippen molar-refractivity contribution in [3.8, 4) is 0 Å². The molecule has 0 bridgehead atoms. The van der Waals surface area contributed by atoms with E-state index in [0.717, 1.165) is 11.3 Å². The molecule has 1 aliphatic rings. The van der Waals surface area contributed by atoms with Crippen molar-refractivity contribution in [2.45, 2.75) is 52.3 Å². The fourth-order valence-corrected chi connectivity index (χ4v) is 2.63. The molecule has 6 nitrogen and oxygen atoms in total. The molecule has 0 saturated carbocycles. The molecule has 25 heavy (non-hydrogen) atoms. The van der Waals surface area contributed by atoms with Crippen molar-refractivity contribution in [2.75, 3.05) is 6.67 Å². The molecule has 0 saturated heterocycles. The number of nitrogens with one attached hydrogen (secondary N) is 2. The molecule has 1 heterocycles. The van der Waals surface area contributed by atoms with Gasteiger partial charge in [-0.15, -0.1) is 0 Å². The highest BCUT2D eigenvalue weighted by Crippen LogP contribution is 2.30. The molecule has 2 N–H and O–H groups in total. The highest BCUT2D eigenvalue weighted by molar-refractivity contribution is 5.92. The summed E-state index contributed by atoms with van der Waals surface area (Å²) in [5.41, 5.74) is 0.816. The average Bonchev–Trinajstić information content (AvgIpc) is 2.70. The number of amides is 2. The largest absolute Gasteiger partial charge is 0.444 e. The van der Waals surface area contributed by atoms with E-state index in [1.54, 1.807) is 11.0 Å². The summed E-state index contributed by atoms with van der Waals surface area (Å²) >= 11 is 0. The molecule has 2 amide bonds. The van der Waals surface area contributed by atoms with Crippen molar-refractivity contribution in [3.63, 3.8) is 0 Å². The zero-order valence-corrected chi connectivity index (χ0v) is 15.6. The molecular weight excluding hydrogens is 318 g/mol. The molecule has 0 aromatic heterocycles. The van der Waals surface area contributed by atoms with Crippen LogP contribution in [0.3, 0.4) is 0 Å². The Hall–Kier alpha value is -2.50. The zero-order chi connectivity index (χ0) is 18.7. The summed E-state index contributed by atoms with van der Waals surface area (Å²) in [6.45, 7) is 10.1. The van der Waals surface area contributed by atoms with Crippen LogP contribution in [-0.4, -0.2) is 34.7 Å². The molecule has 0 radical (unpaired) electrons. The number of carbonyl (C=O) groups is 2. The predicted octanol–water partition coefficient (Wildman–Crippen LogP) is 2.76. The minimum atomic E-state index is -0.543. The molecule has 0 unspecified atom stereocenters. The van der Waals surface area contributed by atoms with Crippen LogP contribution >= 0.6 is 0 Å². The fraction of sp³-hybridized carbons (Fsp3) is 0.474. The van der Waals surface area contributed by atoms with Crippen LogP contribution in [0.5, 0.6) is 0 Å². The Kier molecular flexibility index (Phi) is 5.40. The number of nitrogens with zero attached hydrogens (tertiary/aromatic N) is 1. The lowest BCUT2D eigenvalue weighted by Gasteiger charge is -2.35. The first kappa shape index (κ1) is 18.8. The van der Waals surface area contributed by atoms with Crippen molar-refractivity contribution < 1.29 is 14.3 Å². The summed E-state index contributed by atoms with van der Waals surface area (Å²) in [7, 11) is 0. The van der Waals surface area contributed by atoms with Crippen molar-refractivity contribution in [3.05, 3.63) is 47.7 Å². The molecule has 1 aromatic carbocycles. The first-order valence-corrected chi connectivity index (χ1v) is 8.38. The number of hydrogen-bond donors (Lipinski definition) is 2. The first-order valence-electron chi connectivity index (χ1n) is 8.38. The molecule has 0 atom stereocenters. The number of hydrogen-bond acceptors (Lipinski definition) is 4. The molecule has 1 aromatic rings. The fourth-order valence-electron chi connectivity index (χ4n) is 2.63. The van der Waals surface area contributed by atoms with Gasteiger partial charge in [0.05, 0.1) is 12.2 Å². The van der Waals surface area contributed by atoms with Gasteiger partial charge in [-0.1, -0.05) is 30.3 Å². The SMILES string of the molecule is CC(C)(C)OC(=O)NCNC1=CC(=O)N(Cc2ccccc2)C1(C)C. The number of rotatable bonds is 5. The summed E-state index contributed by atoms with van der Waals surface area (Å²) in [4.78, 5) is 25.9. The highest BCUT2D eigenvalue weighted by Gasteiger charge is 2.39. The maximum atomic E-state index is 12.4. The minimum Gasteiger partial charge on any atom is -0.444 e. The van der Waals surface area contributed by atoms with Crippen LogP contribution in [0.15, 0.2) is 42.1 Å². The maximum absolute atomic E-state index is 12.4. The van der Waals surface area contributed by atoms with E-state index in [9.17, 15) is 9.59 Å². The summed E-state index contributed by atoms with van der Waals surface area (Å²) < 4.78 is 5.19.